The Labute approximate surface area is 169 Å². The Hall–Kier alpha value is -1.05. The summed E-state index contributed by atoms with van der Waals surface area (Å²) in [5.74, 6) is -1.08. The van der Waals surface area contributed by atoms with Gasteiger partial charge in [-0.3, -0.25) is 14.5 Å². The summed E-state index contributed by atoms with van der Waals surface area (Å²) in [5, 5.41) is 7.15. The summed E-state index contributed by atoms with van der Waals surface area (Å²) in [6.07, 6.45) is 0.487. The highest BCUT2D eigenvalue weighted by Gasteiger charge is 2.38. The van der Waals surface area contributed by atoms with Gasteiger partial charge in [0.15, 0.2) is 0 Å². The molecule has 1 atom stereocenters. The molecule has 26 heavy (non-hydrogen) atoms. The van der Waals surface area contributed by atoms with Crippen molar-refractivity contribution in [3.05, 3.63) is 28.2 Å². The van der Waals surface area contributed by atoms with Gasteiger partial charge in [0.05, 0.1) is 10.7 Å². The Bertz CT molecular complexity index is 653. The van der Waals surface area contributed by atoms with Crippen molar-refractivity contribution >= 4 is 53.1 Å². The minimum Gasteiger partial charge on any atom is -0.354 e. The first kappa shape index (κ1) is 21.3. The van der Waals surface area contributed by atoms with E-state index in [1.165, 1.54) is 0 Å². The Balaban J connectivity index is 0.00000243. The zero-order valence-corrected chi connectivity index (χ0v) is 16.7. The molecular formula is C17H23Cl3N4O2. The number of hydrogen-bond donors (Lipinski definition) is 2. The van der Waals surface area contributed by atoms with Crippen LogP contribution in [0, 0.1) is 5.92 Å². The minimum absolute atomic E-state index is 0. The number of nitrogens with one attached hydrogen (secondary N) is 2. The van der Waals surface area contributed by atoms with Crippen LogP contribution in [0.3, 0.4) is 0 Å². The molecule has 2 aliphatic heterocycles. The minimum atomic E-state index is -0.655. The first-order valence-electron chi connectivity index (χ1n) is 8.53. The van der Waals surface area contributed by atoms with Crippen LogP contribution >= 0.6 is 35.6 Å². The SMILES string of the molecule is Cl.O=C(NCCN1CCNCC1)C1CCN(c2cc(Cl)ccc2Cl)C1=O. The maximum Gasteiger partial charge on any atom is 0.239 e. The van der Waals surface area contributed by atoms with E-state index in [4.69, 9.17) is 23.2 Å². The topological polar surface area (TPSA) is 64.7 Å². The van der Waals surface area contributed by atoms with E-state index >= 15 is 0 Å². The van der Waals surface area contributed by atoms with Gasteiger partial charge >= 0.3 is 0 Å². The molecule has 2 amide bonds. The molecule has 2 saturated heterocycles. The molecule has 1 aromatic carbocycles. The highest BCUT2D eigenvalue weighted by atomic mass is 35.5. The van der Waals surface area contributed by atoms with Gasteiger partial charge in [-0.2, -0.15) is 0 Å². The van der Waals surface area contributed by atoms with E-state index in [2.05, 4.69) is 15.5 Å². The van der Waals surface area contributed by atoms with Crippen LogP contribution in [0.1, 0.15) is 6.42 Å². The van der Waals surface area contributed by atoms with E-state index in [-0.39, 0.29) is 24.2 Å². The number of amides is 2. The van der Waals surface area contributed by atoms with Gasteiger partial charge in [0.2, 0.25) is 11.8 Å². The highest BCUT2D eigenvalue weighted by molar-refractivity contribution is 6.36. The van der Waals surface area contributed by atoms with E-state index in [1.54, 1.807) is 23.1 Å². The average Bonchev–Trinajstić information content (AvgIpc) is 2.99. The largest absolute Gasteiger partial charge is 0.354 e. The van der Waals surface area contributed by atoms with Crippen molar-refractivity contribution in [2.24, 2.45) is 5.92 Å². The number of piperazine rings is 1. The van der Waals surface area contributed by atoms with Crippen LogP contribution in [-0.2, 0) is 9.59 Å². The Morgan fingerprint density at radius 3 is 2.69 bits per heavy atom. The molecule has 0 saturated carbocycles. The Morgan fingerprint density at radius 2 is 1.96 bits per heavy atom. The van der Waals surface area contributed by atoms with E-state index in [1.807, 2.05) is 0 Å². The molecule has 144 valence electrons. The fourth-order valence-electron chi connectivity index (χ4n) is 3.25. The molecule has 3 rings (SSSR count). The third-order valence-electron chi connectivity index (χ3n) is 4.66. The second kappa shape index (κ2) is 9.76. The molecule has 1 unspecified atom stereocenters. The molecule has 0 aromatic heterocycles. The third kappa shape index (κ3) is 5.02. The lowest BCUT2D eigenvalue weighted by Gasteiger charge is -2.27. The number of benzene rings is 1. The van der Waals surface area contributed by atoms with Gasteiger partial charge in [-0.25, -0.2) is 0 Å². The molecule has 6 nitrogen and oxygen atoms in total. The highest BCUT2D eigenvalue weighted by Crippen LogP contribution is 2.33. The normalized spacial score (nSPS) is 20.8. The number of rotatable bonds is 5. The van der Waals surface area contributed by atoms with Crippen LogP contribution in [0.25, 0.3) is 0 Å². The van der Waals surface area contributed by atoms with Crippen LogP contribution in [0.15, 0.2) is 18.2 Å². The molecule has 0 aliphatic carbocycles. The molecule has 0 bridgehead atoms. The number of carbonyl (C=O) groups excluding carboxylic acids is 2. The van der Waals surface area contributed by atoms with Crippen molar-refractivity contribution in [2.75, 3.05) is 50.7 Å². The quantitative estimate of drug-likeness (QED) is 0.712. The van der Waals surface area contributed by atoms with Crippen LogP contribution < -0.4 is 15.5 Å². The van der Waals surface area contributed by atoms with E-state index in [0.717, 1.165) is 32.7 Å². The summed E-state index contributed by atoms with van der Waals surface area (Å²) in [6, 6.07) is 4.99. The molecular weight excluding hydrogens is 399 g/mol. The average molecular weight is 422 g/mol. The van der Waals surface area contributed by atoms with Gasteiger partial charge in [0, 0.05) is 50.8 Å². The van der Waals surface area contributed by atoms with E-state index in [9.17, 15) is 9.59 Å². The van der Waals surface area contributed by atoms with Crippen LogP contribution in [-0.4, -0.2) is 62.5 Å². The predicted molar refractivity (Wildman–Crippen MR) is 106 cm³/mol. The smallest absolute Gasteiger partial charge is 0.239 e. The predicted octanol–water partition coefficient (Wildman–Crippen LogP) is 1.79. The zero-order chi connectivity index (χ0) is 17.8. The maximum absolute atomic E-state index is 12.6. The van der Waals surface area contributed by atoms with Gasteiger partial charge in [0.25, 0.3) is 0 Å². The van der Waals surface area contributed by atoms with Gasteiger partial charge in [-0.05, 0) is 24.6 Å². The van der Waals surface area contributed by atoms with Crippen molar-refractivity contribution < 1.29 is 9.59 Å². The molecule has 2 aliphatic rings. The van der Waals surface area contributed by atoms with Gasteiger partial charge in [0.1, 0.15) is 5.92 Å². The van der Waals surface area contributed by atoms with Crippen molar-refractivity contribution in [1.82, 2.24) is 15.5 Å². The summed E-state index contributed by atoms with van der Waals surface area (Å²) in [5.41, 5.74) is 0.565. The van der Waals surface area contributed by atoms with Crippen molar-refractivity contribution in [3.8, 4) is 0 Å². The van der Waals surface area contributed by atoms with Crippen LogP contribution in [0.4, 0.5) is 5.69 Å². The monoisotopic (exact) mass is 420 g/mol. The van der Waals surface area contributed by atoms with E-state index in [0.29, 0.717) is 35.2 Å². The fraction of sp³-hybridized carbons (Fsp3) is 0.529. The lowest BCUT2D eigenvalue weighted by Crippen LogP contribution is -2.47. The summed E-state index contributed by atoms with van der Waals surface area (Å²) < 4.78 is 0. The van der Waals surface area contributed by atoms with Crippen LogP contribution in [0.5, 0.6) is 0 Å². The number of carbonyl (C=O) groups is 2. The van der Waals surface area contributed by atoms with Gasteiger partial charge < -0.3 is 15.5 Å². The molecule has 2 heterocycles. The standard InChI is InChI=1S/C17H22Cl2N4O2.ClH/c18-12-1-2-14(19)15(11-12)23-7-3-13(17(23)25)16(24)21-6-10-22-8-4-20-5-9-22;/h1-2,11,13,20H,3-10H2,(H,21,24);1H. The van der Waals surface area contributed by atoms with E-state index < -0.39 is 5.92 Å². The Kier molecular flexibility index (Phi) is 7.98. The second-order valence-corrected chi connectivity index (χ2v) is 7.15. The molecule has 0 spiro atoms. The lowest BCUT2D eigenvalue weighted by atomic mass is 10.1. The number of halogens is 3. The first-order valence-corrected chi connectivity index (χ1v) is 9.29. The molecule has 2 fully saturated rings. The third-order valence-corrected chi connectivity index (χ3v) is 5.21. The summed E-state index contributed by atoms with van der Waals surface area (Å²) in [4.78, 5) is 28.8. The molecule has 1 aromatic rings. The molecule has 2 N–H and O–H groups in total. The first-order chi connectivity index (χ1) is 12.1. The molecule has 9 heteroatoms. The second-order valence-electron chi connectivity index (χ2n) is 6.31. The van der Waals surface area contributed by atoms with Crippen LogP contribution in [0.2, 0.25) is 10.0 Å². The summed E-state index contributed by atoms with van der Waals surface area (Å²) in [7, 11) is 0. The van der Waals surface area contributed by atoms with Gasteiger partial charge in [-0.1, -0.05) is 23.2 Å². The fourth-order valence-corrected chi connectivity index (χ4v) is 3.64. The number of nitrogens with zero attached hydrogens (tertiary/aromatic N) is 2. The van der Waals surface area contributed by atoms with Crippen molar-refractivity contribution in [1.29, 1.82) is 0 Å². The number of anilines is 1. The van der Waals surface area contributed by atoms with Crippen molar-refractivity contribution in [3.63, 3.8) is 0 Å². The zero-order valence-electron chi connectivity index (χ0n) is 14.3. The summed E-state index contributed by atoms with van der Waals surface area (Å²) in [6.45, 7) is 5.75. The van der Waals surface area contributed by atoms with Gasteiger partial charge in [-0.15, -0.1) is 12.4 Å². The number of hydrogen-bond acceptors (Lipinski definition) is 4. The Morgan fingerprint density at radius 1 is 1.23 bits per heavy atom. The van der Waals surface area contributed by atoms with Crippen molar-refractivity contribution in [2.45, 2.75) is 6.42 Å². The molecule has 0 radical (unpaired) electrons. The maximum atomic E-state index is 12.6. The summed E-state index contributed by atoms with van der Waals surface area (Å²) >= 11 is 12.2. The lowest BCUT2D eigenvalue weighted by molar-refractivity contribution is -0.132.